The van der Waals surface area contributed by atoms with Crippen molar-refractivity contribution in [1.29, 1.82) is 5.26 Å². The van der Waals surface area contributed by atoms with Crippen LogP contribution in [0.5, 0.6) is 0 Å². The minimum atomic E-state index is -4.42. The van der Waals surface area contributed by atoms with Crippen LogP contribution in [-0.4, -0.2) is 49.7 Å². The van der Waals surface area contributed by atoms with Crippen LogP contribution in [0, 0.1) is 11.3 Å². The van der Waals surface area contributed by atoms with Gasteiger partial charge in [-0.3, -0.25) is 4.79 Å². The number of benzene rings is 2. The largest absolute Gasteiger partial charge is 0.416 e. The Morgan fingerprint density at radius 2 is 1.61 bits per heavy atom. The second kappa shape index (κ2) is 8.91. The summed E-state index contributed by atoms with van der Waals surface area (Å²) in [6.07, 6.45) is -1.77. The highest BCUT2D eigenvalue weighted by molar-refractivity contribution is 7.89. The van der Waals surface area contributed by atoms with E-state index in [0.717, 1.165) is 12.1 Å². The molecule has 10 heteroatoms. The summed E-state index contributed by atoms with van der Waals surface area (Å²) in [7, 11) is -3.86. The van der Waals surface area contributed by atoms with Gasteiger partial charge in [0.15, 0.2) is 0 Å². The minimum absolute atomic E-state index is 0.0560. The molecule has 1 fully saturated rings. The number of nitriles is 1. The van der Waals surface area contributed by atoms with Gasteiger partial charge < -0.3 is 4.90 Å². The molecule has 0 N–H and O–H groups in total. The van der Waals surface area contributed by atoms with Crippen molar-refractivity contribution in [1.82, 2.24) is 9.21 Å². The average Bonchev–Trinajstić information content (AvgIpc) is 2.77. The molecule has 0 atom stereocenters. The lowest BCUT2D eigenvalue weighted by Gasteiger charge is -2.33. The smallest absolute Gasteiger partial charge is 0.337 e. The Hall–Kier alpha value is -3.16. The SMILES string of the molecule is N#Cc1ccccc1S(=O)(=O)N1CCN(C(=O)/C=C/c2ccc(C(F)(F)F)cc2)CC1. The van der Waals surface area contributed by atoms with Crippen LogP contribution in [0.25, 0.3) is 6.08 Å². The third-order valence-corrected chi connectivity index (χ3v) is 6.79. The van der Waals surface area contributed by atoms with E-state index in [1.165, 1.54) is 45.6 Å². The molecular formula is C21H18F3N3O3S. The van der Waals surface area contributed by atoms with Crippen LogP contribution in [0.4, 0.5) is 13.2 Å². The highest BCUT2D eigenvalue weighted by Crippen LogP contribution is 2.29. The molecule has 2 aromatic rings. The summed E-state index contributed by atoms with van der Waals surface area (Å²) in [6, 6.07) is 12.2. The zero-order valence-electron chi connectivity index (χ0n) is 16.2. The Labute approximate surface area is 177 Å². The number of nitrogens with zero attached hydrogens (tertiary/aromatic N) is 3. The van der Waals surface area contributed by atoms with Crippen molar-refractivity contribution in [3.8, 4) is 6.07 Å². The molecule has 1 saturated heterocycles. The van der Waals surface area contributed by atoms with Crippen LogP contribution < -0.4 is 0 Å². The van der Waals surface area contributed by atoms with E-state index in [1.807, 2.05) is 6.07 Å². The first kappa shape index (κ1) is 22.5. The van der Waals surface area contributed by atoms with Gasteiger partial charge in [-0.05, 0) is 35.9 Å². The second-order valence-electron chi connectivity index (χ2n) is 6.79. The second-order valence-corrected chi connectivity index (χ2v) is 8.70. The van der Waals surface area contributed by atoms with Gasteiger partial charge >= 0.3 is 6.18 Å². The predicted molar refractivity (Wildman–Crippen MR) is 107 cm³/mol. The number of hydrogen-bond donors (Lipinski definition) is 0. The molecule has 0 aliphatic carbocycles. The molecular weight excluding hydrogens is 431 g/mol. The summed E-state index contributed by atoms with van der Waals surface area (Å²) in [5, 5.41) is 9.15. The fraction of sp³-hybridized carbons (Fsp3) is 0.238. The average molecular weight is 449 g/mol. The van der Waals surface area contributed by atoms with Gasteiger partial charge in [-0.25, -0.2) is 8.42 Å². The maximum Gasteiger partial charge on any atom is 0.416 e. The molecule has 3 rings (SSSR count). The van der Waals surface area contributed by atoms with E-state index in [-0.39, 0.29) is 42.5 Å². The fourth-order valence-corrected chi connectivity index (χ4v) is 4.69. The maximum atomic E-state index is 12.8. The van der Waals surface area contributed by atoms with Gasteiger partial charge in [0, 0.05) is 32.3 Å². The molecule has 2 aromatic carbocycles. The molecule has 6 nitrogen and oxygen atoms in total. The van der Waals surface area contributed by atoms with Crippen molar-refractivity contribution in [2.45, 2.75) is 11.1 Å². The van der Waals surface area contributed by atoms with E-state index < -0.39 is 21.8 Å². The van der Waals surface area contributed by atoms with Crippen molar-refractivity contribution < 1.29 is 26.4 Å². The summed E-state index contributed by atoms with van der Waals surface area (Å²) in [5.74, 6) is -0.366. The maximum absolute atomic E-state index is 12.8. The highest BCUT2D eigenvalue weighted by atomic mass is 32.2. The third-order valence-electron chi connectivity index (χ3n) is 4.83. The molecule has 0 radical (unpaired) electrons. The number of hydrogen-bond acceptors (Lipinski definition) is 4. The van der Waals surface area contributed by atoms with Gasteiger partial charge in [0.1, 0.15) is 6.07 Å². The van der Waals surface area contributed by atoms with Crippen molar-refractivity contribution >= 4 is 22.0 Å². The van der Waals surface area contributed by atoms with Crippen molar-refractivity contribution in [2.75, 3.05) is 26.2 Å². The zero-order chi connectivity index (χ0) is 22.6. The van der Waals surface area contributed by atoms with Gasteiger partial charge in [0.05, 0.1) is 16.0 Å². The normalized spacial score (nSPS) is 15.7. The summed E-state index contributed by atoms with van der Waals surface area (Å²) in [5.41, 5.74) is -0.276. The van der Waals surface area contributed by atoms with Crippen LogP contribution >= 0.6 is 0 Å². The lowest BCUT2D eigenvalue weighted by Crippen LogP contribution is -2.50. The Kier molecular flexibility index (Phi) is 6.48. The van der Waals surface area contributed by atoms with Crippen molar-refractivity contribution in [2.24, 2.45) is 0 Å². The Morgan fingerprint density at radius 1 is 1.00 bits per heavy atom. The van der Waals surface area contributed by atoms with E-state index in [2.05, 4.69) is 0 Å². The number of carbonyl (C=O) groups excluding carboxylic acids is 1. The van der Waals surface area contributed by atoms with E-state index >= 15 is 0 Å². The molecule has 0 aromatic heterocycles. The van der Waals surface area contributed by atoms with Gasteiger partial charge in [-0.2, -0.15) is 22.7 Å². The van der Waals surface area contributed by atoms with Crippen LogP contribution in [0.3, 0.4) is 0 Å². The third kappa shape index (κ3) is 5.13. The summed E-state index contributed by atoms with van der Waals surface area (Å²) in [6.45, 7) is 0.457. The minimum Gasteiger partial charge on any atom is -0.337 e. The zero-order valence-corrected chi connectivity index (χ0v) is 17.0. The molecule has 31 heavy (non-hydrogen) atoms. The summed E-state index contributed by atoms with van der Waals surface area (Å²) < 4.78 is 64.7. The van der Waals surface area contributed by atoms with Gasteiger partial charge in [0.2, 0.25) is 15.9 Å². The van der Waals surface area contributed by atoms with Crippen molar-refractivity contribution in [3.63, 3.8) is 0 Å². The van der Waals surface area contributed by atoms with Crippen LogP contribution in [0.15, 0.2) is 59.5 Å². The molecule has 1 heterocycles. The van der Waals surface area contributed by atoms with Crippen LogP contribution in [0.2, 0.25) is 0 Å². The Balaban J connectivity index is 1.62. The highest BCUT2D eigenvalue weighted by Gasteiger charge is 2.31. The van der Waals surface area contributed by atoms with Crippen LogP contribution in [0.1, 0.15) is 16.7 Å². The molecule has 162 valence electrons. The lowest BCUT2D eigenvalue weighted by molar-refractivity contribution is -0.137. The number of halogens is 3. The Morgan fingerprint density at radius 3 is 2.19 bits per heavy atom. The molecule has 1 amide bonds. The van der Waals surface area contributed by atoms with Gasteiger partial charge in [-0.15, -0.1) is 0 Å². The first-order valence-electron chi connectivity index (χ1n) is 9.26. The molecule has 0 spiro atoms. The van der Waals surface area contributed by atoms with E-state index in [0.29, 0.717) is 5.56 Å². The molecule has 0 saturated carbocycles. The number of piperazine rings is 1. The summed E-state index contributed by atoms with van der Waals surface area (Å²) in [4.78, 5) is 13.8. The molecule has 0 bridgehead atoms. The van der Waals surface area contributed by atoms with Crippen LogP contribution in [-0.2, 0) is 21.0 Å². The number of alkyl halides is 3. The van der Waals surface area contributed by atoms with Gasteiger partial charge in [0.25, 0.3) is 0 Å². The molecule has 1 aliphatic heterocycles. The van der Waals surface area contributed by atoms with Gasteiger partial charge in [-0.1, -0.05) is 24.3 Å². The first-order chi connectivity index (χ1) is 14.6. The fourth-order valence-electron chi connectivity index (χ4n) is 3.13. The van der Waals surface area contributed by atoms with E-state index in [9.17, 15) is 26.4 Å². The predicted octanol–water partition coefficient (Wildman–Crippen LogP) is 3.12. The quantitative estimate of drug-likeness (QED) is 0.672. The lowest BCUT2D eigenvalue weighted by atomic mass is 10.1. The number of amides is 1. The monoisotopic (exact) mass is 449 g/mol. The molecule has 1 aliphatic rings. The van der Waals surface area contributed by atoms with E-state index in [4.69, 9.17) is 5.26 Å². The van der Waals surface area contributed by atoms with Crippen molar-refractivity contribution in [3.05, 3.63) is 71.3 Å². The Bertz CT molecular complexity index is 1130. The number of rotatable bonds is 4. The van der Waals surface area contributed by atoms with E-state index in [1.54, 1.807) is 12.1 Å². The standard InChI is InChI=1S/C21H18F3N3O3S/c22-21(23,24)18-8-5-16(6-9-18)7-10-20(28)26-11-13-27(14-12-26)31(29,30)19-4-2-1-3-17(19)15-25/h1-10H,11-14H2/b10-7+. The first-order valence-corrected chi connectivity index (χ1v) is 10.7. The summed E-state index contributed by atoms with van der Waals surface area (Å²) >= 11 is 0. The number of carbonyl (C=O) groups is 1. The topological polar surface area (TPSA) is 81.5 Å². The molecule has 0 unspecified atom stereocenters. The number of sulfonamides is 1.